The Bertz CT molecular complexity index is 522. The number of hydrogen-bond donors (Lipinski definition) is 1. The molecule has 6 heteroatoms. The second-order valence-electron chi connectivity index (χ2n) is 4.22. The molecular formula is C12H14ClN3O2. The van der Waals surface area contributed by atoms with Crippen molar-refractivity contribution in [2.75, 3.05) is 7.05 Å². The van der Waals surface area contributed by atoms with Gasteiger partial charge in [0.05, 0.1) is 6.54 Å². The lowest BCUT2D eigenvalue weighted by molar-refractivity contribution is 0.300. The van der Waals surface area contributed by atoms with Gasteiger partial charge in [-0.25, -0.2) is 0 Å². The van der Waals surface area contributed by atoms with E-state index in [0.29, 0.717) is 29.8 Å². The van der Waals surface area contributed by atoms with Crippen LogP contribution in [0.25, 0.3) is 0 Å². The number of rotatable bonds is 4. The van der Waals surface area contributed by atoms with Crippen molar-refractivity contribution in [3.05, 3.63) is 40.5 Å². The van der Waals surface area contributed by atoms with Gasteiger partial charge in [-0.3, -0.25) is 4.90 Å². The zero-order valence-corrected chi connectivity index (χ0v) is 11.0. The highest BCUT2D eigenvalue weighted by molar-refractivity contribution is 6.30. The Morgan fingerprint density at radius 1 is 1.33 bits per heavy atom. The van der Waals surface area contributed by atoms with Crippen molar-refractivity contribution in [1.82, 2.24) is 15.0 Å². The number of phenols is 1. The highest BCUT2D eigenvalue weighted by Crippen LogP contribution is 2.20. The maximum atomic E-state index is 9.46. The summed E-state index contributed by atoms with van der Waals surface area (Å²) in [4.78, 5) is 6.14. The van der Waals surface area contributed by atoms with E-state index in [-0.39, 0.29) is 5.75 Å². The monoisotopic (exact) mass is 267 g/mol. The molecule has 1 N–H and O–H groups in total. The molecule has 0 fully saturated rings. The standard InChI is InChI=1S/C12H14ClN3O2/c1-8-14-12(15-18-8)7-16(2)6-9-3-10(13)5-11(17)4-9/h3-5,17H,6-7H2,1-2H3. The van der Waals surface area contributed by atoms with Crippen LogP contribution in [0.1, 0.15) is 17.3 Å². The van der Waals surface area contributed by atoms with Gasteiger partial charge in [0, 0.05) is 18.5 Å². The fourth-order valence-electron chi connectivity index (χ4n) is 1.74. The molecule has 0 unspecified atom stereocenters. The molecule has 1 aromatic heterocycles. The molecule has 0 atom stereocenters. The van der Waals surface area contributed by atoms with Crippen LogP contribution in [0.2, 0.25) is 5.02 Å². The second-order valence-corrected chi connectivity index (χ2v) is 4.66. The van der Waals surface area contributed by atoms with Crippen LogP contribution in [-0.4, -0.2) is 27.2 Å². The summed E-state index contributed by atoms with van der Waals surface area (Å²) in [6, 6.07) is 5.01. The fraction of sp³-hybridized carbons (Fsp3) is 0.333. The van der Waals surface area contributed by atoms with Crippen LogP contribution in [0.4, 0.5) is 0 Å². The molecule has 0 radical (unpaired) electrons. The van der Waals surface area contributed by atoms with Crippen LogP contribution >= 0.6 is 11.6 Å². The predicted octanol–water partition coefficient (Wildman–Crippen LogP) is 2.37. The molecule has 0 aliphatic carbocycles. The van der Waals surface area contributed by atoms with Gasteiger partial charge in [0.15, 0.2) is 5.82 Å². The van der Waals surface area contributed by atoms with E-state index in [1.165, 1.54) is 6.07 Å². The van der Waals surface area contributed by atoms with E-state index in [1.807, 2.05) is 18.0 Å². The summed E-state index contributed by atoms with van der Waals surface area (Å²) in [6.07, 6.45) is 0. The van der Waals surface area contributed by atoms with Crippen LogP contribution in [0.5, 0.6) is 5.75 Å². The average molecular weight is 268 g/mol. The smallest absolute Gasteiger partial charge is 0.223 e. The van der Waals surface area contributed by atoms with Crippen LogP contribution in [0.3, 0.4) is 0 Å². The van der Waals surface area contributed by atoms with Crippen molar-refractivity contribution in [3.8, 4) is 5.75 Å². The first-order valence-electron chi connectivity index (χ1n) is 5.49. The molecule has 2 aromatic rings. The number of aromatic hydroxyl groups is 1. The molecular weight excluding hydrogens is 254 g/mol. The van der Waals surface area contributed by atoms with Gasteiger partial charge in [-0.1, -0.05) is 16.8 Å². The lowest BCUT2D eigenvalue weighted by atomic mass is 10.2. The number of phenolic OH excluding ortho intramolecular Hbond substituents is 1. The van der Waals surface area contributed by atoms with E-state index in [1.54, 1.807) is 13.0 Å². The molecule has 0 saturated carbocycles. The second kappa shape index (κ2) is 5.37. The highest BCUT2D eigenvalue weighted by atomic mass is 35.5. The zero-order chi connectivity index (χ0) is 13.1. The number of hydrogen-bond acceptors (Lipinski definition) is 5. The molecule has 1 aromatic carbocycles. The lowest BCUT2D eigenvalue weighted by Gasteiger charge is -2.14. The maximum absolute atomic E-state index is 9.46. The Morgan fingerprint density at radius 3 is 2.72 bits per heavy atom. The summed E-state index contributed by atoms with van der Waals surface area (Å²) >= 11 is 5.88. The first-order chi connectivity index (χ1) is 8.52. The first kappa shape index (κ1) is 12.9. The van der Waals surface area contributed by atoms with Gasteiger partial charge in [0.2, 0.25) is 5.89 Å². The van der Waals surface area contributed by atoms with Gasteiger partial charge < -0.3 is 9.63 Å². The maximum Gasteiger partial charge on any atom is 0.223 e. The summed E-state index contributed by atoms with van der Waals surface area (Å²) in [6.45, 7) is 2.97. The fourth-order valence-corrected chi connectivity index (χ4v) is 1.99. The third-order valence-electron chi connectivity index (χ3n) is 2.38. The van der Waals surface area contributed by atoms with Crippen molar-refractivity contribution < 1.29 is 9.63 Å². The predicted molar refractivity (Wildman–Crippen MR) is 67.3 cm³/mol. The van der Waals surface area contributed by atoms with Gasteiger partial charge in [0.1, 0.15) is 5.75 Å². The molecule has 0 aliphatic rings. The molecule has 0 spiro atoms. The van der Waals surface area contributed by atoms with Gasteiger partial charge in [-0.2, -0.15) is 4.98 Å². The Labute approximate surface area is 110 Å². The molecule has 0 aliphatic heterocycles. The van der Waals surface area contributed by atoms with Crippen molar-refractivity contribution in [2.24, 2.45) is 0 Å². The minimum absolute atomic E-state index is 0.168. The summed E-state index contributed by atoms with van der Waals surface area (Å²) < 4.78 is 4.90. The highest BCUT2D eigenvalue weighted by Gasteiger charge is 2.08. The SMILES string of the molecule is Cc1nc(CN(C)Cc2cc(O)cc(Cl)c2)no1. The van der Waals surface area contributed by atoms with Crippen LogP contribution in [0, 0.1) is 6.92 Å². The largest absolute Gasteiger partial charge is 0.508 e. The van der Waals surface area contributed by atoms with Gasteiger partial charge in [-0.05, 0) is 30.8 Å². The minimum atomic E-state index is 0.168. The summed E-state index contributed by atoms with van der Waals surface area (Å²) in [7, 11) is 1.93. The number of nitrogens with zero attached hydrogens (tertiary/aromatic N) is 3. The van der Waals surface area contributed by atoms with Crippen LogP contribution in [-0.2, 0) is 13.1 Å². The van der Waals surface area contributed by atoms with Crippen molar-refractivity contribution in [1.29, 1.82) is 0 Å². The Morgan fingerprint density at radius 2 is 2.11 bits per heavy atom. The number of benzene rings is 1. The minimum Gasteiger partial charge on any atom is -0.508 e. The first-order valence-corrected chi connectivity index (χ1v) is 5.87. The third-order valence-corrected chi connectivity index (χ3v) is 2.59. The van der Waals surface area contributed by atoms with Gasteiger partial charge >= 0.3 is 0 Å². The van der Waals surface area contributed by atoms with E-state index >= 15 is 0 Å². The molecule has 5 nitrogen and oxygen atoms in total. The Kier molecular flexibility index (Phi) is 3.84. The number of aryl methyl sites for hydroxylation is 1. The Balaban J connectivity index is 2.00. The van der Waals surface area contributed by atoms with Gasteiger partial charge in [0.25, 0.3) is 0 Å². The van der Waals surface area contributed by atoms with Crippen LogP contribution in [0.15, 0.2) is 22.7 Å². The molecule has 0 amide bonds. The number of aromatic nitrogens is 2. The van der Waals surface area contributed by atoms with E-state index in [9.17, 15) is 5.11 Å². The molecule has 2 rings (SSSR count). The van der Waals surface area contributed by atoms with E-state index < -0.39 is 0 Å². The van der Waals surface area contributed by atoms with Crippen molar-refractivity contribution in [2.45, 2.75) is 20.0 Å². The molecule has 96 valence electrons. The van der Waals surface area contributed by atoms with E-state index in [4.69, 9.17) is 16.1 Å². The molecule has 0 bridgehead atoms. The molecule has 1 heterocycles. The average Bonchev–Trinajstić information content (AvgIpc) is 2.61. The summed E-state index contributed by atoms with van der Waals surface area (Å²) in [5, 5.41) is 13.8. The topological polar surface area (TPSA) is 62.4 Å². The van der Waals surface area contributed by atoms with Crippen molar-refractivity contribution in [3.63, 3.8) is 0 Å². The van der Waals surface area contributed by atoms with E-state index in [2.05, 4.69) is 10.1 Å². The third kappa shape index (κ3) is 3.45. The molecule has 0 saturated heterocycles. The lowest BCUT2D eigenvalue weighted by Crippen LogP contribution is -2.18. The van der Waals surface area contributed by atoms with Gasteiger partial charge in [-0.15, -0.1) is 0 Å². The molecule has 18 heavy (non-hydrogen) atoms. The number of halogens is 1. The van der Waals surface area contributed by atoms with Crippen LogP contribution < -0.4 is 0 Å². The quantitative estimate of drug-likeness (QED) is 0.921. The Hall–Kier alpha value is -1.59. The normalized spacial score (nSPS) is 11.1. The van der Waals surface area contributed by atoms with Crippen molar-refractivity contribution >= 4 is 11.6 Å². The van der Waals surface area contributed by atoms with E-state index in [0.717, 1.165) is 5.56 Å². The zero-order valence-electron chi connectivity index (χ0n) is 10.2. The summed E-state index contributed by atoms with van der Waals surface area (Å²) in [5.74, 6) is 1.36. The summed E-state index contributed by atoms with van der Waals surface area (Å²) in [5.41, 5.74) is 0.933.